The van der Waals surface area contributed by atoms with Crippen molar-refractivity contribution in [2.45, 2.75) is 19.6 Å². The molecule has 1 amide bonds. The summed E-state index contributed by atoms with van der Waals surface area (Å²) in [5.74, 6) is -0.388. The van der Waals surface area contributed by atoms with Gasteiger partial charge in [0.05, 0.1) is 14.2 Å². The predicted molar refractivity (Wildman–Crippen MR) is 79.5 cm³/mol. The SMILES string of the molecule is COc1cc(C(=O)N2CCNC[C@H]2C)cc(OC)c1OC(F)F. The Morgan fingerprint density at radius 2 is 1.91 bits per heavy atom. The van der Waals surface area contributed by atoms with Crippen LogP contribution in [-0.2, 0) is 0 Å². The molecule has 1 N–H and O–H groups in total. The van der Waals surface area contributed by atoms with Crippen molar-refractivity contribution in [3.05, 3.63) is 17.7 Å². The van der Waals surface area contributed by atoms with Gasteiger partial charge in [-0.2, -0.15) is 8.78 Å². The summed E-state index contributed by atoms with van der Waals surface area (Å²) in [5.41, 5.74) is 0.300. The number of ether oxygens (including phenoxy) is 3. The number of nitrogens with one attached hydrogen (secondary N) is 1. The van der Waals surface area contributed by atoms with Crippen LogP contribution in [0.25, 0.3) is 0 Å². The van der Waals surface area contributed by atoms with Crippen LogP contribution in [0.1, 0.15) is 17.3 Å². The minimum Gasteiger partial charge on any atom is -0.493 e. The molecule has 8 heteroatoms. The summed E-state index contributed by atoms with van der Waals surface area (Å²) < 4.78 is 39.7. The summed E-state index contributed by atoms with van der Waals surface area (Å²) in [6.45, 7) is 0.892. The third-order valence-corrected chi connectivity index (χ3v) is 3.68. The maximum atomic E-state index is 12.7. The molecule has 1 aliphatic heterocycles. The van der Waals surface area contributed by atoms with Gasteiger partial charge in [0.2, 0.25) is 5.75 Å². The number of rotatable bonds is 5. The second-order valence-corrected chi connectivity index (χ2v) is 5.14. The largest absolute Gasteiger partial charge is 0.493 e. The lowest BCUT2D eigenvalue weighted by molar-refractivity contribution is -0.0526. The van der Waals surface area contributed by atoms with E-state index in [1.165, 1.54) is 26.4 Å². The second-order valence-electron chi connectivity index (χ2n) is 5.14. The van der Waals surface area contributed by atoms with Gasteiger partial charge >= 0.3 is 6.61 Å². The van der Waals surface area contributed by atoms with E-state index in [4.69, 9.17) is 9.47 Å². The molecule has 6 nitrogen and oxygen atoms in total. The summed E-state index contributed by atoms with van der Waals surface area (Å²) in [7, 11) is 2.63. The van der Waals surface area contributed by atoms with Gasteiger partial charge in [0.25, 0.3) is 5.91 Å². The molecular formula is C15H20F2N2O4. The third kappa shape index (κ3) is 3.82. The van der Waals surface area contributed by atoms with Gasteiger partial charge in [-0.3, -0.25) is 4.79 Å². The molecular weight excluding hydrogens is 310 g/mol. The van der Waals surface area contributed by atoms with Crippen molar-refractivity contribution in [2.75, 3.05) is 33.9 Å². The molecule has 1 heterocycles. The highest BCUT2D eigenvalue weighted by molar-refractivity contribution is 5.96. The van der Waals surface area contributed by atoms with E-state index in [2.05, 4.69) is 10.1 Å². The van der Waals surface area contributed by atoms with Crippen LogP contribution in [0.5, 0.6) is 17.2 Å². The Balaban J connectivity index is 2.37. The topological polar surface area (TPSA) is 60.0 Å². The molecule has 1 aromatic carbocycles. The fraction of sp³-hybridized carbons (Fsp3) is 0.533. The smallest absolute Gasteiger partial charge is 0.387 e. The number of carbonyl (C=O) groups excluding carboxylic acids is 1. The Morgan fingerprint density at radius 3 is 2.39 bits per heavy atom. The third-order valence-electron chi connectivity index (χ3n) is 3.68. The van der Waals surface area contributed by atoms with E-state index >= 15 is 0 Å². The zero-order valence-electron chi connectivity index (χ0n) is 13.3. The predicted octanol–water partition coefficient (Wildman–Crippen LogP) is 1.74. The van der Waals surface area contributed by atoms with Gasteiger partial charge in [0.1, 0.15) is 0 Å². The molecule has 0 bridgehead atoms. The Bertz CT molecular complexity index is 543. The fourth-order valence-corrected chi connectivity index (χ4v) is 2.52. The highest BCUT2D eigenvalue weighted by Gasteiger charge is 2.27. The zero-order valence-corrected chi connectivity index (χ0v) is 13.3. The van der Waals surface area contributed by atoms with Crippen molar-refractivity contribution < 1.29 is 27.8 Å². The summed E-state index contributed by atoms with van der Waals surface area (Å²) >= 11 is 0. The summed E-state index contributed by atoms with van der Waals surface area (Å²) in [6.07, 6.45) is 0. The minimum absolute atomic E-state index is 0.0239. The number of hydrogen-bond acceptors (Lipinski definition) is 5. The lowest BCUT2D eigenvalue weighted by atomic mass is 10.1. The molecule has 128 valence electrons. The average molecular weight is 330 g/mol. The number of halogens is 2. The zero-order chi connectivity index (χ0) is 17.0. The lowest BCUT2D eigenvalue weighted by Crippen LogP contribution is -2.52. The average Bonchev–Trinajstić information content (AvgIpc) is 2.54. The van der Waals surface area contributed by atoms with E-state index in [0.717, 1.165) is 0 Å². The van der Waals surface area contributed by atoms with Crippen LogP contribution in [0.4, 0.5) is 8.78 Å². The molecule has 0 radical (unpaired) electrons. The van der Waals surface area contributed by atoms with Gasteiger partial charge in [-0.25, -0.2) is 0 Å². The quantitative estimate of drug-likeness (QED) is 0.891. The van der Waals surface area contributed by atoms with E-state index in [0.29, 0.717) is 25.2 Å². The first kappa shape index (κ1) is 17.3. The number of amides is 1. The Morgan fingerprint density at radius 1 is 1.30 bits per heavy atom. The number of nitrogens with zero attached hydrogens (tertiary/aromatic N) is 1. The molecule has 0 aromatic heterocycles. The van der Waals surface area contributed by atoms with Crippen molar-refractivity contribution >= 4 is 5.91 Å². The van der Waals surface area contributed by atoms with Crippen molar-refractivity contribution in [3.63, 3.8) is 0 Å². The van der Waals surface area contributed by atoms with Gasteiger partial charge in [-0.05, 0) is 19.1 Å². The lowest BCUT2D eigenvalue weighted by Gasteiger charge is -2.34. The second kappa shape index (κ2) is 7.45. The first-order chi connectivity index (χ1) is 11.0. The van der Waals surface area contributed by atoms with Crippen LogP contribution in [0.2, 0.25) is 0 Å². The molecule has 0 aliphatic carbocycles. The number of hydrogen-bond donors (Lipinski definition) is 1. The van der Waals surface area contributed by atoms with Gasteiger partial charge < -0.3 is 24.4 Å². The monoisotopic (exact) mass is 330 g/mol. The van der Waals surface area contributed by atoms with Crippen molar-refractivity contribution in [2.24, 2.45) is 0 Å². The van der Waals surface area contributed by atoms with Crippen molar-refractivity contribution in [3.8, 4) is 17.2 Å². The first-order valence-corrected chi connectivity index (χ1v) is 7.20. The minimum atomic E-state index is -3.02. The Hall–Kier alpha value is -2.09. The first-order valence-electron chi connectivity index (χ1n) is 7.20. The molecule has 0 unspecified atom stereocenters. The van der Waals surface area contributed by atoms with Gasteiger partial charge in [-0.1, -0.05) is 0 Å². The van der Waals surface area contributed by atoms with Crippen molar-refractivity contribution in [1.82, 2.24) is 10.2 Å². The van der Waals surface area contributed by atoms with Crippen LogP contribution in [-0.4, -0.2) is 57.3 Å². The van der Waals surface area contributed by atoms with E-state index in [1.807, 2.05) is 6.92 Å². The van der Waals surface area contributed by atoms with Crippen LogP contribution in [0.15, 0.2) is 12.1 Å². The molecule has 1 saturated heterocycles. The fourth-order valence-electron chi connectivity index (χ4n) is 2.52. The van der Waals surface area contributed by atoms with Gasteiger partial charge in [0.15, 0.2) is 11.5 Å². The standard InChI is InChI=1S/C15H20F2N2O4/c1-9-8-18-4-5-19(9)14(20)10-6-11(21-2)13(23-15(16)17)12(7-10)22-3/h6-7,9,15,18H,4-5,8H2,1-3H3/t9-/m1/s1. The number of piperazine rings is 1. The maximum Gasteiger partial charge on any atom is 0.387 e. The maximum absolute atomic E-state index is 12.7. The normalized spacial score (nSPS) is 18.0. The molecule has 0 spiro atoms. The number of alkyl halides is 2. The molecule has 1 fully saturated rings. The van der Waals surface area contributed by atoms with Crippen LogP contribution >= 0.6 is 0 Å². The molecule has 1 aromatic rings. The van der Waals surface area contributed by atoms with Gasteiger partial charge in [-0.15, -0.1) is 0 Å². The summed E-state index contributed by atoms with van der Waals surface area (Å²) in [4.78, 5) is 14.4. The number of methoxy groups -OCH3 is 2. The van der Waals surface area contributed by atoms with Crippen molar-refractivity contribution in [1.29, 1.82) is 0 Å². The van der Waals surface area contributed by atoms with Gasteiger partial charge in [0, 0.05) is 31.2 Å². The highest BCUT2D eigenvalue weighted by Crippen LogP contribution is 2.39. The van der Waals surface area contributed by atoms with Crippen LogP contribution in [0, 0.1) is 0 Å². The van der Waals surface area contributed by atoms with E-state index in [1.54, 1.807) is 4.90 Å². The summed E-state index contributed by atoms with van der Waals surface area (Å²) in [6, 6.07) is 2.81. The molecule has 2 rings (SSSR count). The molecule has 1 aliphatic rings. The Labute approximate surface area is 133 Å². The number of benzene rings is 1. The van der Waals surface area contributed by atoms with E-state index < -0.39 is 6.61 Å². The summed E-state index contributed by atoms with van der Waals surface area (Å²) in [5, 5.41) is 3.20. The molecule has 1 atom stereocenters. The molecule has 23 heavy (non-hydrogen) atoms. The Kier molecular flexibility index (Phi) is 5.59. The highest BCUT2D eigenvalue weighted by atomic mass is 19.3. The van der Waals surface area contributed by atoms with E-state index in [-0.39, 0.29) is 29.2 Å². The number of carbonyl (C=O) groups is 1. The molecule has 0 saturated carbocycles. The van der Waals surface area contributed by atoms with Crippen LogP contribution in [0.3, 0.4) is 0 Å². The van der Waals surface area contributed by atoms with Crippen LogP contribution < -0.4 is 19.5 Å². The van der Waals surface area contributed by atoms with E-state index in [9.17, 15) is 13.6 Å².